The molecule has 0 aliphatic carbocycles. The molecule has 2 rings (SSSR count). The molecule has 1 aromatic carbocycles. The molecule has 6 nitrogen and oxygen atoms in total. The molecule has 1 aliphatic rings. The van der Waals surface area contributed by atoms with E-state index in [2.05, 4.69) is 5.32 Å². The van der Waals surface area contributed by atoms with Crippen LogP contribution in [0, 0.1) is 5.92 Å². The Morgan fingerprint density at radius 2 is 2.00 bits per heavy atom. The van der Waals surface area contributed by atoms with E-state index in [4.69, 9.17) is 9.88 Å². The summed E-state index contributed by atoms with van der Waals surface area (Å²) in [5.41, 5.74) is 0.539. The van der Waals surface area contributed by atoms with Crippen molar-refractivity contribution < 1.29 is 17.9 Å². The third-order valence-corrected chi connectivity index (χ3v) is 3.95. The highest BCUT2D eigenvalue weighted by atomic mass is 32.2. The predicted molar refractivity (Wildman–Crippen MR) is 70.0 cm³/mol. The normalized spacial score (nSPS) is 23.3. The number of carbonyl (C=O) groups excluding carboxylic acids is 1. The molecule has 0 saturated carbocycles. The van der Waals surface area contributed by atoms with E-state index >= 15 is 0 Å². The molecule has 1 heterocycles. The summed E-state index contributed by atoms with van der Waals surface area (Å²) in [6.07, 6.45) is 0.793. The molecule has 104 valence electrons. The van der Waals surface area contributed by atoms with Gasteiger partial charge in [0.2, 0.25) is 15.9 Å². The minimum absolute atomic E-state index is 0.0170. The molecule has 1 amide bonds. The van der Waals surface area contributed by atoms with E-state index in [0.717, 1.165) is 0 Å². The molecule has 0 spiro atoms. The zero-order valence-corrected chi connectivity index (χ0v) is 11.3. The van der Waals surface area contributed by atoms with Gasteiger partial charge in [-0.3, -0.25) is 4.79 Å². The van der Waals surface area contributed by atoms with Gasteiger partial charge in [0.25, 0.3) is 0 Å². The number of ether oxygens (including phenoxy) is 1. The number of hydrogen-bond acceptors (Lipinski definition) is 4. The summed E-state index contributed by atoms with van der Waals surface area (Å²) in [4.78, 5) is 11.9. The van der Waals surface area contributed by atoms with Gasteiger partial charge < -0.3 is 10.1 Å². The van der Waals surface area contributed by atoms with Crippen LogP contribution in [0.2, 0.25) is 0 Å². The number of hydrogen-bond donors (Lipinski definition) is 2. The maximum Gasteiger partial charge on any atom is 0.238 e. The Balaban J connectivity index is 2.02. The highest BCUT2D eigenvalue weighted by Crippen LogP contribution is 2.21. The largest absolute Gasteiger partial charge is 0.378 e. The average molecular weight is 284 g/mol. The highest BCUT2D eigenvalue weighted by Gasteiger charge is 2.28. The second kappa shape index (κ2) is 5.28. The lowest BCUT2D eigenvalue weighted by Crippen LogP contribution is -2.23. The first-order valence-corrected chi connectivity index (χ1v) is 7.46. The van der Waals surface area contributed by atoms with Crippen LogP contribution < -0.4 is 10.5 Å². The number of rotatable bonds is 3. The monoisotopic (exact) mass is 284 g/mol. The van der Waals surface area contributed by atoms with Gasteiger partial charge in [-0.25, -0.2) is 13.6 Å². The molecule has 2 atom stereocenters. The first kappa shape index (κ1) is 14.0. The maximum atomic E-state index is 11.9. The number of primary sulfonamides is 1. The van der Waals surface area contributed by atoms with Gasteiger partial charge >= 0.3 is 0 Å². The molecule has 0 radical (unpaired) electrons. The van der Waals surface area contributed by atoms with Gasteiger partial charge in [0.05, 0.1) is 23.5 Å². The van der Waals surface area contributed by atoms with E-state index in [-0.39, 0.29) is 22.8 Å². The molecule has 1 aliphatic heterocycles. The van der Waals surface area contributed by atoms with E-state index in [1.165, 1.54) is 24.3 Å². The standard InChI is InChI=1S/C12H16N2O4S/c1-8-6-9(7-18-8)12(15)14-10-2-4-11(5-3-10)19(13,16)17/h2-5,8-9H,6-7H2,1H3,(H,14,15)(H2,13,16,17). The number of carbonyl (C=O) groups is 1. The lowest BCUT2D eigenvalue weighted by Gasteiger charge is -2.09. The first-order valence-electron chi connectivity index (χ1n) is 5.91. The molecule has 0 aromatic heterocycles. The van der Waals surface area contributed by atoms with Crippen molar-refractivity contribution in [1.82, 2.24) is 0 Å². The van der Waals surface area contributed by atoms with E-state index in [9.17, 15) is 13.2 Å². The summed E-state index contributed by atoms with van der Waals surface area (Å²) in [5.74, 6) is -0.277. The second-order valence-corrected chi connectivity index (χ2v) is 6.20. The Labute approximate surface area is 112 Å². The fourth-order valence-corrected chi connectivity index (χ4v) is 2.49. The molecule has 19 heavy (non-hydrogen) atoms. The summed E-state index contributed by atoms with van der Waals surface area (Å²) in [6.45, 7) is 2.34. The van der Waals surface area contributed by atoms with E-state index in [1.54, 1.807) is 0 Å². The van der Waals surface area contributed by atoms with Crippen LogP contribution in [0.1, 0.15) is 13.3 Å². The Bertz CT molecular complexity index is 568. The van der Waals surface area contributed by atoms with Crippen LogP contribution in [0.4, 0.5) is 5.69 Å². The van der Waals surface area contributed by atoms with Crippen molar-refractivity contribution in [2.24, 2.45) is 11.1 Å². The maximum absolute atomic E-state index is 11.9. The van der Waals surface area contributed by atoms with Crippen LogP contribution in [-0.4, -0.2) is 27.0 Å². The van der Waals surface area contributed by atoms with Crippen LogP contribution >= 0.6 is 0 Å². The van der Waals surface area contributed by atoms with Gasteiger partial charge in [0.15, 0.2) is 0 Å². The van der Waals surface area contributed by atoms with Crippen molar-refractivity contribution in [2.75, 3.05) is 11.9 Å². The van der Waals surface area contributed by atoms with Crippen LogP contribution in [0.15, 0.2) is 29.2 Å². The van der Waals surface area contributed by atoms with E-state index in [1.807, 2.05) is 6.92 Å². The third-order valence-electron chi connectivity index (χ3n) is 3.02. The van der Waals surface area contributed by atoms with Gasteiger partial charge in [-0.15, -0.1) is 0 Å². The number of amides is 1. The molecule has 1 aromatic rings. The Morgan fingerprint density at radius 3 is 2.47 bits per heavy atom. The molecule has 2 unspecified atom stereocenters. The number of nitrogens with two attached hydrogens (primary N) is 1. The molecular weight excluding hydrogens is 268 g/mol. The Kier molecular flexibility index (Phi) is 3.88. The SMILES string of the molecule is CC1CC(C(=O)Nc2ccc(S(N)(=O)=O)cc2)CO1. The van der Waals surface area contributed by atoms with Gasteiger partial charge in [-0.05, 0) is 37.6 Å². The quantitative estimate of drug-likeness (QED) is 0.853. The summed E-state index contributed by atoms with van der Waals surface area (Å²) in [6, 6.07) is 5.74. The van der Waals surface area contributed by atoms with Crippen molar-refractivity contribution in [2.45, 2.75) is 24.3 Å². The van der Waals surface area contributed by atoms with Crippen LogP contribution in [0.25, 0.3) is 0 Å². The zero-order chi connectivity index (χ0) is 14.0. The minimum atomic E-state index is -3.70. The van der Waals surface area contributed by atoms with E-state index < -0.39 is 10.0 Å². The zero-order valence-electron chi connectivity index (χ0n) is 10.5. The topological polar surface area (TPSA) is 98.5 Å². The van der Waals surface area contributed by atoms with Gasteiger partial charge in [0.1, 0.15) is 0 Å². The third kappa shape index (κ3) is 3.52. The highest BCUT2D eigenvalue weighted by molar-refractivity contribution is 7.89. The van der Waals surface area contributed by atoms with E-state index in [0.29, 0.717) is 18.7 Å². The fraction of sp³-hybridized carbons (Fsp3) is 0.417. The van der Waals surface area contributed by atoms with Crippen molar-refractivity contribution in [3.8, 4) is 0 Å². The van der Waals surface area contributed by atoms with Gasteiger partial charge in [0, 0.05) is 5.69 Å². The number of sulfonamides is 1. The summed E-state index contributed by atoms with van der Waals surface area (Å²) in [7, 11) is -3.70. The Hall–Kier alpha value is -1.44. The lowest BCUT2D eigenvalue weighted by molar-refractivity contribution is -0.119. The molecule has 1 saturated heterocycles. The van der Waals surface area contributed by atoms with Crippen LogP contribution in [-0.2, 0) is 19.6 Å². The summed E-state index contributed by atoms with van der Waals surface area (Å²) in [5, 5.41) is 7.72. The van der Waals surface area contributed by atoms with Crippen molar-refractivity contribution >= 4 is 21.6 Å². The molecular formula is C12H16N2O4S. The molecule has 3 N–H and O–H groups in total. The number of nitrogens with one attached hydrogen (secondary N) is 1. The number of benzene rings is 1. The summed E-state index contributed by atoms with van der Waals surface area (Å²) >= 11 is 0. The van der Waals surface area contributed by atoms with Gasteiger partial charge in [-0.2, -0.15) is 0 Å². The molecule has 0 bridgehead atoms. The predicted octanol–water partition coefficient (Wildman–Crippen LogP) is 0.697. The molecule has 1 fully saturated rings. The van der Waals surface area contributed by atoms with Crippen molar-refractivity contribution in [3.63, 3.8) is 0 Å². The van der Waals surface area contributed by atoms with Gasteiger partial charge in [-0.1, -0.05) is 0 Å². The van der Waals surface area contributed by atoms with Crippen LogP contribution in [0.3, 0.4) is 0 Å². The first-order chi connectivity index (χ1) is 8.86. The van der Waals surface area contributed by atoms with Crippen molar-refractivity contribution in [3.05, 3.63) is 24.3 Å². The molecule has 7 heteroatoms. The Morgan fingerprint density at radius 1 is 1.37 bits per heavy atom. The smallest absolute Gasteiger partial charge is 0.238 e. The number of anilines is 1. The fourth-order valence-electron chi connectivity index (χ4n) is 1.97. The second-order valence-electron chi connectivity index (χ2n) is 4.64. The minimum Gasteiger partial charge on any atom is -0.378 e. The summed E-state index contributed by atoms with van der Waals surface area (Å²) < 4.78 is 27.5. The average Bonchev–Trinajstić information content (AvgIpc) is 2.75. The lowest BCUT2D eigenvalue weighted by atomic mass is 10.1. The van der Waals surface area contributed by atoms with Crippen LogP contribution in [0.5, 0.6) is 0 Å². The van der Waals surface area contributed by atoms with Crippen molar-refractivity contribution in [1.29, 1.82) is 0 Å².